The lowest BCUT2D eigenvalue weighted by atomic mass is 9.97. The zero-order chi connectivity index (χ0) is 12.1. The van der Waals surface area contributed by atoms with Crippen LogP contribution in [0, 0.1) is 5.92 Å². The molecule has 0 amide bonds. The summed E-state index contributed by atoms with van der Waals surface area (Å²) in [6.07, 6.45) is 1.03. The molecular weight excluding hydrogens is 286 g/mol. The molecule has 0 saturated carbocycles. The highest BCUT2D eigenvalue weighted by Crippen LogP contribution is 2.24. The van der Waals surface area contributed by atoms with Crippen molar-refractivity contribution in [2.45, 2.75) is 39.3 Å². The molecule has 2 N–H and O–H groups in total. The van der Waals surface area contributed by atoms with E-state index in [1.807, 2.05) is 6.92 Å². The molecule has 92 valence electrons. The predicted octanol–water partition coefficient (Wildman–Crippen LogP) is 3.44. The van der Waals surface area contributed by atoms with Gasteiger partial charge in [-0.1, -0.05) is 13.8 Å². The summed E-state index contributed by atoms with van der Waals surface area (Å²) in [5.41, 5.74) is 6.21. The molecule has 0 aromatic carbocycles. The first-order valence-corrected chi connectivity index (χ1v) is 7.27. The highest BCUT2D eigenvalue weighted by Gasteiger charge is 2.22. The van der Waals surface area contributed by atoms with Gasteiger partial charge in [0.05, 0.1) is 9.89 Å². The van der Waals surface area contributed by atoms with Crippen molar-refractivity contribution in [1.29, 1.82) is 0 Å². The maximum atomic E-state index is 6.21. The molecule has 0 saturated heterocycles. The Morgan fingerprint density at radius 1 is 1.44 bits per heavy atom. The van der Waals surface area contributed by atoms with Crippen molar-refractivity contribution in [1.82, 2.24) is 0 Å². The summed E-state index contributed by atoms with van der Waals surface area (Å²) in [5.74, 6) is 0.457. The molecule has 0 radical (unpaired) electrons. The number of ether oxygens (including phenoxy) is 1. The summed E-state index contributed by atoms with van der Waals surface area (Å²) < 4.78 is 6.87. The summed E-state index contributed by atoms with van der Waals surface area (Å²) in [6, 6.07) is 4.26. The van der Waals surface area contributed by atoms with Crippen LogP contribution in [0.5, 0.6) is 0 Å². The number of rotatable bonds is 6. The van der Waals surface area contributed by atoms with Gasteiger partial charge in [0.25, 0.3) is 0 Å². The van der Waals surface area contributed by atoms with Crippen LogP contribution in [0.25, 0.3) is 0 Å². The van der Waals surface area contributed by atoms with Crippen molar-refractivity contribution < 1.29 is 4.74 Å². The fourth-order valence-corrected chi connectivity index (χ4v) is 3.37. The Morgan fingerprint density at radius 3 is 2.56 bits per heavy atom. The van der Waals surface area contributed by atoms with Gasteiger partial charge >= 0.3 is 0 Å². The lowest BCUT2D eigenvalue weighted by Gasteiger charge is -2.26. The molecule has 2 atom stereocenters. The molecule has 0 aliphatic rings. The van der Waals surface area contributed by atoms with Gasteiger partial charge in [0.1, 0.15) is 0 Å². The standard InChI is InChI=1S/C12H20BrNOS/c1-4-15-12(8(2)3)10(14)7-9-5-6-11(13)16-9/h5-6,8,10,12H,4,7,14H2,1-3H3. The third-order valence-electron chi connectivity index (χ3n) is 2.50. The predicted molar refractivity (Wildman–Crippen MR) is 74.0 cm³/mol. The van der Waals surface area contributed by atoms with E-state index in [1.165, 1.54) is 4.88 Å². The van der Waals surface area contributed by atoms with Crippen molar-refractivity contribution in [2.24, 2.45) is 11.7 Å². The molecule has 4 heteroatoms. The zero-order valence-electron chi connectivity index (χ0n) is 10.1. The van der Waals surface area contributed by atoms with E-state index in [-0.39, 0.29) is 12.1 Å². The summed E-state index contributed by atoms with van der Waals surface area (Å²) in [4.78, 5) is 1.31. The van der Waals surface area contributed by atoms with Crippen LogP contribution in [0.15, 0.2) is 15.9 Å². The molecule has 0 aliphatic heterocycles. The lowest BCUT2D eigenvalue weighted by molar-refractivity contribution is 0.0129. The quantitative estimate of drug-likeness (QED) is 0.874. The average Bonchev–Trinajstić information content (AvgIpc) is 2.59. The van der Waals surface area contributed by atoms with Crippen molar-refractivity contribution in [3.63, 3.8) is 0 Å². The SMILES string of the molecule is CCOC(C(C)C)C(N)Cc1ccc(Br)s1. The smallest absolute Gasteiger partial charge is 0.0752 e. The van der Waals surface area contributed by atoms with E-state index in [2.05, 4.69) is 41.9 Å². The molecule has 0 aliphatic carbocycles. The summed E-state index contributed by atoms with van der Waals surface area (Å²) in [5, 5.41) is 0. The molecule has 2 unspecified atom stereocenters. The first-order valence-electron chi connectivity index (χ1n) is 5.66. The van der Waals surface area contributed by atoms with Gasteiger partial charge in [-0.15, -0.1) is 11.3 Å². The molecule has 0 bridgehead atoms. The number of halogens is 1. The minimum atomic E-state index is 0.0745. The molecular formula is C12H20BrNOS. The number of thiophene rings is 1. The van der Waals surface area contributed by atoms with E-state index in [1.54, 1.807) is 11.3 Å². The van der Waals surface area contributed by atoms with Crippen LogP contribution in [0.1, 0.15) is 25.6 Å². The summed E-state index contributed by atoms with van der Waals surface area (Å²) in [6.45, 7) is 7.06. The molecule has 1 aromatic rings. The third kappa shape index (κ3) is 4.17. The van der Waals surface area contributed by atoms with Gasteiger partial charge in [-0.2, -0.15) is 0 Å². The Labute approximate surface area is 110 Å². The Morgan fingerprint density at radius 2 is 2.12 bits per heavy atom. The van der Waals surface area contributed by atoms with E-state index in [0.29, 0.717) is 5.92 Å². The van der Waals surface area contributed by atoms with Crippen molar-refractivity contribution in [2.75, 3.05) is 6.61 Å². The zero-order valence-corrected chi connectivity index (χ0v) is 12.5. The Bertz CT molecular complexity index is 314. The largest absolute Gasteiger partial charge is 0.377 e. The van der Waals surface area contributed by atoms with Gasteiger partial charge in [0, 0.05) is 17.5 Å². The Hall–Kier alpha value is 0.1000. The normalized spacial score (nSPS) is 15.4. The Balaban J connectivity index is 2.57. The molecule has 0 spiro atoms. The fourth-order valence-electron chi connectivity index (χ4n) is 1.81. The van der Waals surface area contributed by atoms with Crippen LogP contribution in [0.4, 0.5) is 0 Å². The van der Waals surface area contributed by atoms with Crippen LogP contribution in [-0.4, -0.2) is 18.8 Å². The third-order valence-corrected chi connectivity index (χ3v) is 4.15. The topological polar surface area (TPSA) is 35.2 Å². The number of hydrogen-bond acceptors (Lipinski definition) is 3. The molecule has 1 rings (SSSR count). The molecule has 1 aromatic heterocycles. The maximum absolute atomic E-state index is 6.21. The van der Waals surface area contributed by atoms with Gasteiger partial charge in [0.15, 0.2) is 0 Å². The van der Waals surface area contributed by atoms with E-state index < -0.39 is 0 Å². The van der Waals surface area contributed by atoms with Gasteiger partial charge < -0.3 is 10.5 Å². The van der Waals surface area contributed by atoms with Crippen molar-refractivity contribution in [3.8, 4) is 0 Å². The van der Waals surface area contributed by atoms with E-state index >= 15 is 0 Å². The van der Waals surface area contributed by atoms with Crippen LogP contribution >= 0.6 is 27.3 Å². The van der Waals surface area contributed by atoms with Gasteiger partial charge in [-0.05, 0) is 47.3 Å². The van der Waals surface area contributed by atoms with Crippen molar-refractivity contribution >= 4 is 27.3 Å². The number of nitrogens with two attached hydrogens (primary N) is 1. The Kier molecular flexibility index (Phi) is 5.97. The fraction of sp³-hybridized carbons (Fsp3) is 0.667. The molecule has 0 fully saturated rings. The maximum Gasteiger partial charge on any atom is 0.0752 e. The number of hydrogen-bond donors (Lipinski definition) is 1. The minimum absolute atomic E-state index is 0.0745. The summed E-state index contributed by atoms with van der Waals surface area (Å²) >= 11 is 5.21. The van der Waals surface area contributed by atoms with Crippen LogP contribution in [-0.2, 0) is 11.2 Å². The first-order chi connectivity index (χ1) is 7.54. The molecule has 16 heavy (non-hydrogen) atoms. The average molecular weight is 306 g/mol. The molecule has 2 nitrogen and oxygen atoms in total. The van der Waals surface area contributed by atoms with E-state index in [9.17, 15) is 0 Å². The monoisotopic (exact) mass is 305 g/mol. The van der Waals surface area contributed by atoms with Crippen LogP contribution in [0.3, 0.4) is 0 Å². The lowest BCUT2D eigenvalue weighted by Crippen LogP contribution is -2.41. The van der Waals surface area contributed by atoms with Crippen LogP contribution in [0.2, 0.25) is 0 Å². The van der Waals surface area contributed by atoms with E-state index in [0.717, 1.165) is 16.8 Å². The highest BCUT2D eigenvalue weighted by atomic mass is 79.9. The minimum Gasteiger partial charge on any atom is -0.377 e. The summed E-state index contributed by atoms with van der Waals surface area (Å²) in [7, 11) is 0. The van der Waals surface area contributed by atoms with Gasteiger partial charge in [-0.25, -0.2) is 0 Å². The van der Waals surface area contributed by atoms with Gasteiger partial charge in [0.2, 0.25) is 0 Å². The van der Waals surface area contributed by atoms with Crippen LogP contribution < -0.4 is 5.73 Å². The second-order valence-electron chi connectivity index (χ2n) is 4.24. The first kappa shape index (κ1) is 14.2. The molecule has 1 heterocycles. The second-order valence-corrected chi connectivity index (χ2v) is 6.79. The highest BCUT2D eigenvalue weighted by molar-refractivity contribution is 9.11. The van der Waals surface area contributed by atoms with E-state index in [4.69, 9.17) is 10.5 Å². The van der Waals surface area contributed by atoms with Gasteiger partial charge in [-0.3, -0.25) is 0 Å². The second kappa shape index (κ2) is 6.74. The van der Waals surface area contributed by atoms with Crippen molar-refractivity contribution in [3.05, 3.63) is 20.8 Å².